The summed E-state index contributed by atoms with van der Waals surface area (Å²) < 4.78 is 40.5. The van der Waals surface area contributed by atoms with Gasteiger partial charge in [0.15, 0.2) is 0 Å². The summed E-state index contributed by atoms with van der Waals surface area (Å²) >= 11 is 0.700. The average Bonchev–Trinajstić information content (AvgIpc) is 2.89. The van der Waals surface area contributed by atoms with Crippen LogP contribution >= 0.6 is 11.3 Å². The average molecular weight is 334 g/mol. The van der Waals surface area contributed by atoms with Crippen molar-refractivity contribution in [2.45, 2.75) is 18.2 Å². The Kier molecular flexibility index (Phi) is 4.41. The number of aromatic nitrogens is 1. The molecule has 5 nitrogen and oxygen atoms in total. The number of alkyl halides is 3. The molecule has 0 saturated carbocycles. The van der Waals surface area contributed by atoms with E-state index in [0.29, 0.717) is 26.6 Å². The quantitative estimate of drug-likeness (QED) is 0.873. The van der Waals surface area contributed by atoms with Gasteiger partial charge in [-0.1, -0.05) is 12.1 Å². The molecule has 0 fully saturated rings. The van der Waals surface area contributed by atoms with E-state index in [9.17, 15) is 23.1 Å². The van der Waals surface area contributed by atoms with Crippen LogP contribution in [0.5, 0.6) is 0 Å². The van der Waals surface area contributed by atoms with Gasteiger partial charge in [0.25, 0.3) is 0 Å². The van der Waals surface area contributed by atoms with Gasteiger partial charge in [-0.2, -0.15) is 13.2 Å². The van der Waals surface area contributed by atoms with Crippen molar-refractivity contribution < 1.29 is 27.9 Å². The first-order valence-electron chi connectivity index (χ1n) is 6.15. The van der Waals surface area contributed by atoms with Gasteiger partial charge in [0.2, 0.25) is 11.5 Å². The lowest BCUT2D eigenvalue weighted by molar-refractivity contribution is -0.270. The van der Waals surface area contributed by atoms with Crippen molar-refractivity contribution in [2.24, 2.45) is 0 Å². The highest BCUT2D eigenvalue weighted by molar-refractivity contribution is 7.18. The number of rotatable bonds is 4. The monoisotopic (exact) mass is 334 g/mol. The topological polar surface area (TPSA) is 62.7 Å². The van der Waals surface area contributed by atoms with Crippen LogP contribution in [0.4, 0.5) is 13.2 Å². The summed E-state index contributed by atoms with van der Waals surface area (Å²) in [5.41, 5.74) is -3.03. The van der Waals surface area contributed by atoms with E-state index in [4.69, 9.17) is 0 Å². The molecule has 2 rings (SSSR count). The second-order valence-electron chi connectivity index (χ2n) is 4.60. The van der Waals surface area contributed by atoms with Crippen molar-refractivity contribution in [1.82, 2.24) is 10.0 Å². The Morgan fingerprint density at radius 3 is 2.59 bits per heavy atom. The van der Waals surface area contributed by atoms with Crippen LogP contribution in [0.15, 0.2) is 24.3 Å². The van der Waals surface area contributed by atoms with E-state index in [0.717, 1.165) is 14.2 Å². The molecule has 0 aliphatic rings. The fraction of sp³-hybridized carbons (Fsp3) is 0.385. The van der Waals surface area contributed by atoms with Crippen LogP contribution in [0.3, 0.4) is 0 Å². The van der Waals surface area contributed by atoms with Crippen molar-refractivity contribution in [3.8, 4) is 0 Å². The maximum atomic E-state index is 13.4. The third kappa shape index (κ3) is 2.92. The van der Waals surface area contributed by atoms with Gasteiger partial charge in [0, 0.05) is 7.05 Å². The van der Waals surface area contributed by atoms with Crippen LogP contribution in [0.25, 0.3) is 10.2 Å². The van der Waals surface area contributed by atoms with Gasteiger partial charge in [-0.05, 0) is 12.1 Å². The molecule has 0 spiro atoms. The van der Waals surface area contributed by atoms with Crippen molar-refractivity contribution in [1.29, 1.82) is 0 Å². The Morgan fingerprint density at radius 1 is 1.41 bits per heavy atom. The smallest absolute Gasteiger partial charge is 0.374 e. The van der Waals surface area contributed by atoms with Crippen LogP contribution in [0.2, 0.25) is 0 Å². The summed E-state index contributed by atoms with van der Waals surface area (Å²) in [5.74, 6) is -1.01. The zero-order valence-corrected chi connectivity index (χ0v) is 12.5. The van der Waals surface area contributed by atoms with Gasteiger partial charge in [-0.25, -0.2) is 10.0 Å². The van der Waals surface area contributed by atoms with E-state index in [1.165, 1.54) is 6.07 Å². The maximum absolute atomic E-state index is 13.4. The fourth-order valence-electron chi connectivity index (χ4n) is 1.78. The van der Waals surface area contributed by atoms with Gasteiger partial charge < -0.3 is 5.11 Å². The number of hydroxylamine groups is 2. The molecule has 0 saturated heterocycles. The second kappa shape index (κ2) is 5.82. The van der Waals surface area contributed by atoms with Crippen molar-refractivity contribution in [3.05, 3.63) is 29.3 Å². The standard InChI is InChI=1S/C13H13F3N2O3S/c1-18(21-2)10(19)7-12(20,13(14,15)16)11-17-8-5-3-4-6-9(8)22-11/h3-6,20H,7H2,1-2H3. The first-order chi connectivity index (χ1) is 10.2. The van der Waals surface area contributed by atoms with Gasteiger partial charge in [0.1, 0.15) is 5.01 Å². The number of fused-ring (bicyclic) bond motifs is 1. The molecular weight excluding hydrogens is 321 g/mol. The van der Waals surface area contributed by atoms with Crippen LogP contribution < -0.4 is 0 Å². The highest BCUT2D eigenvalue weighted by Crippen LogP contribution is 2.44. The molecule has 0 aliphatic heterocycles. The lowest BCUT2D eigenvalue weighted by atomic mass is 9.99. The fourth-order valence-corrected chi connectivity index (χ4v) is 2.85. The van der Waals surface area contributed by atoms with E-state index >= 15 is 0 Å². The zero-order chi connectivity index (χ0) is 16.5. The second-order valence-corrected chi connectivity index (χ2v) is 5.63. The Bertz CT molecular complexity index is 655. The number of amides is 1. The molecule has 1 amide bonds. The van der Waals surface area contributed by atoms with Gasteiger partial charge in [0.05, 0.1) is 23.7 Å². The molecule has 1 aromatic carbocycles. The largest absolute Gasteiger partial charge is 0.424 e. The molecular formula is C13H13F3N2O3S. The number of aliphatic hydroxyl groups is 1. The summed E-state index contributed by atoms with van der Waals surface area (Å²) in [5, 5.41) is 10.2. The summed E-state index contributed by atoms with van der Waals surface area (Å²) in [7, 11) is 2.31. The van der Waals surface area contributed by atoms with Crippen LogP contribution in [-0.4, -0.2) is 41.4 Å². The Hall–Kier alpha value is -1.71. The highest BCUT2D eigenvalue weighted by atomic mass is 32.1. The Balaban J connectivity index is 2.47. The van der Waals surface area contributed by atoms with Gasteiger partial charge >= 0.3 is 6.18 Å². The molecule has 0 bridgehead atoms. The number of halogens is 3. The van der Waals surface area contributed by atoms with Crippen molar-refractivity contribution in [3.63, 3.8) is 0 Å². The molecule has 1 unspecified atom stereocenters. The normalized spacial score (nSPS) is 14.8. The van der Waals surface area contributed by atoms with Gasteiger partial charge in [-0.15, -0.1) is 11.3 Å². The van der Waals surface area contributed by atoms with Crippen molar-refractivity contribution >= 4 is 27.5 Å². The zero-order valence-electron chi connectivity index (χ0n) is 11.7. The minimum Gasteiger partial charge on any atom is -0.374 e. The van der Waals surface area contributed by atoms with Crippen LogP contribution in [0.1, 0.15) is 11.4 Å². The highest BCUT2D eigenvalue weighted by Gasteiger charge is 2.58. The number of para-hydroxylation sites is 1. The molecule has 22 heavy (non-hydrogen) atoms. The van der Waals surface area contributed by atoms with Crippen LogP contribution in [-0.2, 0) is 15.2 Å². The molecule has 0 radical (unpaired) electrons. The Morgan fingerprint density at radius 2 is 2.05 bits per heavy atom. The maximum Gasteiger partial charge on any atom is 0.424 e. The number of benzene rings is 1. The van der Waals surface area contributed by atoms with Gasteiger partial charge in [-0.3, -0.25) is 9.63 Å². The molecule has 120 valence electrons. The SMILES string of the molecule is CON(C)C(=O)CC(O)(c1nc2ccccc2s1)C(F)(F)F. The van der Waals surface area contributed by atoms with Crippen LogP contribution in [0, 0.1) is 0 Å². The lowest BCUT2D eigenvalue weighted by Crippen LogP contribution is -2.46. The number of hydrogen-bond acceptors (Lipinski definition) is 5. The molecule has 1 atom stereocenters. The first kappa shape index (κ1) is 16.7. The van der Waals surface area contributed by atoms with E-state index in [2.05, 4.69) is 9.82 Å². The molecule has 1 aromatic heterocycles. The van der Waals surface area contributed by atoms with E-state index in [1.54, 1.807) is 18.2 Å². The number of hydrogen-bond donors (Lipinski definition) is 1. The number of nitrogens with zero attached hydrogens (tertiary/aromatic N) is 2. The third-order valence-electron chi connectivity index (χ3n) is 3.15. The number of carbonyl (C=O) groups excluding carboxylic acids is 1. The molecule has 9 heteroatoms. The molecule has 1 N–H and O–H groups in total. The predicted molar refractivity (Wildman–Crippen MR) is 74.0 cm³/mol. The minimum absolute atomic E-state index is 0.331. The van der Waals surface area contributed by atoms with E-state index < -0.39 is 29.1 Å². The first-order valence-corrected chi connectivity index (χ1v) is 6.96. The summed E-state index contributed by atoms with van der Waals surface area (Å²) in [4.78, 5) is 20.1. The van der Waals surface area contributed by atoms with E-state index in [-0.39, 0.29) is 0 Å². The number of thiazole rings is 1. The summed E-state index contributed by atoms with van der Waals surface area (Å²) in [6.45, 7) is 0. The predicted octanol–water partition coefficient (Wildman–Crippen LogP) is 2.46. The molecule has 1 heterocycles. The molecule has 2 aromatic rings. The summed E-state index contributed by atoms with van der Waals surface area (Å²) in [6.07, 6.45) is -6.26. The van der Waals surface area contributed by atoms with Crippen molar-refractivity contribution in [2.75, 3.05) is 14.2 Å². The minimum atomic E-state index is -5.05. The Labute approximate surface area is 127 Å². The summed E-state index contributed by atoms with van der Waals surface area (Å²) in [6, 6.07) is 6.41. The number of carbonyl (C=O) groups is 1. The third-order valence-corrected chi connectivity index (χ3v) is 4.34. The lowest BCUT2D eigenvalue weighted by Gasteiger charge is -2.29. The van der Waals surface area contributed by atoms with E-state index in [1.807, 2.05) is 0 Å². The molecule has 0 aliphatic carbocycles.